The van der Waals surface area contributed by atoms with E-state index in [1.807, 2.05) is 6.07 Å². The van der Waals surface area contributed by atoms with Gasteiger partial charge in [-0.05, 0) is 24.6 Å². The highest BCUT2D eigenvalue weighted by Gasteiger charge is 2.47. The molecule has 1 fully saturated rings. The first-order chi connectivity index (χ1) is 13.9. The summed E-state index contributed by atoms with van der Waals surface area (Å²) in [5.74, 6) is 0.449. The van der Waals surface area contributed by atoms with E-state index in [0.717, 1.165) is 19.5 Å². The van der Waals surface area contributed by atoms with E-state index in [1.54, 1.807) is 25.3 Å². The van der Waals surface area contributed by atoms with Crippen LogP contribution in [-0.2, 0) is 21.3 Å². The molecule has 29 heavy (non-hydrogen) atoms. The van der Waals surface area contributed by atoms with E-state index in [4.69, 9.17) is 9.47 Å². The van der Waals surface area contributed by atoms with Gasteiger partial charge in [0, 0.05) is 39.7 Å². The normalized spacial score (nSPS) is 24.2. The van der Waals surface area contributed by atoms with Gasteiger partial charge >= 0.3 is 0 Å². The van der Waals surface area contributed by atoms with E-state index in [9.17, 15) is 8.42 Å². The van der Waals surface area contributed by atoms with Crippen molar-refractivity contribution < 1.29 is 17.9 Å². The summed E-state index contributed by atoms with van der Waals surface area (Å²) in [5.41, 5.74) is 1.95. The third-order valence-corrected chi connectivity index (χ3v) is 7.57. The number of methoxy groups -OCH3 is 1. The molecule has 2 aliphatic heterocycles. The monoisotopic (exact) mass is 416 g/mol. The number of fused-ring (bicyclic) bond motifs is 1. The SMILES string of the molecule is COCCN1C[C@@]2(CCN(Cc3cccc(C)c3)C2)Oc2ccccc2S1(=O)=O. The molecule has 2 aliphatic rings. The van der Waals surface area contributed by atoms with E-state index in [0.29, 0.717) is 32.0 Å². The largest absolute Gasteiger partial charge is 0.483 e. The molecule has 156 valence electrons. The average Bonchev–Trinajstić information content (AvgIpc) is 3.03. The lowest BCUT2D eigenvalue weighted by Gasteiger charge is -2.32. The molecule has 0 saturated carbocycles. The molecule has 4 rings (SSSR count). The molecule has 0 N–H and O–H groups in total. The molecule has 0 aliphatic carbocycles. The number of nitrogens with zero attached hydrogens (tertiary/aromatic N) is 2. The number of rotatable bonds is 5. The van der Waals surface area contributed by atoms with Gasteiger partial charge in [-0.15, -0.1) is 0 Å². The van der Waals surface area contributed by atoms with Gasteiger partial charge in [-0.3, -0.25) is 4.90 Å². The Balaban J connectivity index is 1.62. The van der Waals surface area contributed by atoms with E-state index < -0.39 is 15.6 Å². The molecule has 0 radical (unpaired) electrons. The number of para-hydroxylation sites is 1. The molecule has 6 nitrogen and oxygen atoms in total. The number of hydrogen-bond donors (Lipinski definition) is 0. The van der Waals surface area contributed by atoms with Crippen LogP contribution in [0.25, 0.3) is 0 Å². The van der Waals surface area contributed by atoms with Crippen molar-refractivity contribution in [3.8, 4) is 5.75 Å². The first kappa shape index (κ1) is 20.3. The Morgan fingerprint density at radius 3 is 2.76 bits per heavy atom. The molecule has 0 amide bonds. The van der Waals surface area contributed by atoms with Crippen LogP contribution in [0.15, 0.2) is 53.4 Å². The number of hydrogen-bond acceptors (Lipinski definition) is 5. The van der Waals surface area contributed by atoms with E-state index >= 15 is 0 Å². The molecule has 2 heterocycles. The maximum atomic E-state index is 13.3. The highest BCUT2D eigenvalue weighted by Crippen LogP contribution is 2.38. The summed E-state index contributed by atoms with van der Waals surface area (Å²) < 4.78 is 39.7. The summed E-state index contributed by atoms with van der Waals surface area (Å²) in [5, 5.41) is 0. The maximum Gasteiger partial charge on any atom is 0.246 e. The maximum absolute atomic E-state index is 13.3. The van der Waals surface area contributed by atoms with Gasteiger partial charge < -0.3 is 9.47 Å². The standard InChI is InChI=1S/C22H28N2O4S/c1-18-6-5-7-19(14-18)15-23-11-10-22(16-23)17-24(12-13-27-2)29(25,26)21-9-4-3-8-20(21)28-22/h3-9,14H,10-13,15-17H2,1-2H3/t22-/m0/s1. The van der Waals surface area contributed by atoms with E-state index in [2.05, 4.69) is 36.1 Å². The van der Waals surface area contributed by atoms with Crippen LogP contribution in [0.5, 0.6) is 5.75 Å². The van der Waals surface area contributed by atoms with Crippen molar-refractivity contribution in [2.45, 2.75) is 30.4 Å². The molecule has 0 unspecified atom stereocenters. The summed E-state index contributed by atoms with van der Waals surface area (Å²) in [4.78, 5) is 2.59. The number of likely N-dealkylation sites (tertiary alicyclic amines) is 1. The third-order valence-electron chi connectivity index (χ3n) is 5.69. The molecule has 1 atom stereocenters. The zero-order chi connectivity index (χ0) is 20.5. The van der Waals surface area contributed by atoms with Gasteiger partial charge in [0.2, 0.25) is 10.0 Å². The van der Waals surface area contributed by atoms with Gasteiger partial charge in [-0.2, -0.15) is 4.31 Å². The van der Waals surface area contributed by atoms with Gasteiger partial charge in [0.15, 0.2) is 0 Å². The Labute approximate surface area is 173 Å². The fourth-order valence-electron chi connectivity index (χ4n) is 4.29. The summed E-state index contributed by atoms with van der Waals surface area (Å²) in [6.07, 6.45) is 0.784. The highest BCUT2D eigenvalue weighted by atomic mass is 32.2. The van der Waals surface area contributed by atoms with Crippen LogP contribution in [-0.4, -0.2) is 63.1 Å². The topological polar surface area (TPSA) is 59.1 Å². The second-order valence-electron chi connectivity index (χ2n) is 8.01. The summed E-state index contributed by atoms with van der Waals surface area (Å²) in [6, 6.07) is 15.5. The van der Waals surface area contributed by atoms with Crippen molar-refractivity contribution in [3.05, 3.63) is 59.7 Å². The number of aryl methyl sites for hydroxylation is 1. The minimum Gasteiger partial charge on any atom is -0.483 e. The first-order valence-corrected chi connectivity index (χ1v) is 11.4. The minimum absolute atomic E-state index is 0.241. The molecular formula is C22H28N2O4S. The van der Waals surface area contributed by atoms with Crippen LogP contribution in [0.1, 0.15) is 17.5 Å². The Bertz CT molecular complexity index is 978. The Morgan fingerprint density at radius 2 is 1.97 bits per heavy atom. The van der Waals surface area contributed by atoms with Crippen LogP contribution in [0.2, 0.25) is 0 Å². The van der Waals surface area contributed by atoms with Gasteiger partial charge in [-0.1, -0.05) is 42.0 Å². The lowest BCUT2D eigenvalue weighted by atomic mass is 10.0. The second kappa shape index (κ2) is 8.07. The van der Waals surface area contributed by atoms with Crippen LogP contribution >= 0.6 is 0 Å². The predicted molar refractivity (Wildman–Crippen MR) is 112 cm³/mol. The van der Waals surface area contributed by atoms with E-state index in [1.165, 1.54) is 15.4 Å². The third kappa shape index (κ3) is 4.19. The zero-order valence-electron chi connectivity index (χ0n) is 17.0. The smallest absolute Gasteiger partial charge is 0.246 e. The number of sulfonamides is 1. The Hall–Kier alpha value is -1.93. The minimum atomic E-state index is -3.63. The lowest BCUT2D eigenvalue weighted by molar-refractivity contribution is 0.0533. The number of ether oxygens (including phenoxy) is 2. The van der Waals surface area contributed by atoms with Gasteiger partial charge in [-0.25, -0.2) is 8.42 Å². The van der Waals surface area contributed by atoms with E-state index in [-0.39, 0.29) is 4.90 Å². The Morgan fingerprint density at radius 1 is 1.14 bits per heavy atom. The molecule has 2 aromatic rings. The quantitative estimate of drug-likeness (QED) is 0.750. The molecule has 7 heteroatoms. The molecule has 1 saturated heterocycles. The van der Waals surface area contributed by atoms with Gasteiger partial charge in [0.1, 0.15) is 16.2 Å². The fourth-order valence-corrected chi connectivity index (χ4v) is 5.91. The molecule has 1 spiro atoms. The lowest BCUT2D eigenvalue weighted by Crippen LogP contribution is -2.49. The molecule has 0 bridgehead atoms. The number of benzene rings is 2. The van der Waals surface area contributed by atoms with Crippen molar-refractivity contribution >= 4 is 10.0 Å². The second-order valence-corrected chi connectivity index (χ2v) is 9.92. The van der Waals surface area contributed by atoms with Crippen molar-refractivity contribution in [1.82, 2.24) is 9.21 Å². The first-order valence-electron chi connectivity index (χ1n) is 9.97. The van der Waals surface area contributed by atoms with Crippen molar-refractivity contribution in [3.63, 3.8) is 0 Å². The van der Waals surface area contributed by atoms with Crippen LogP contribution < -0.4 is 4.74 Å². The van der Waals surface area contributed by atoms with Crippen molar-refractivity contribution in [1.29, 1.82) is 0 Å². The van der Waals surface area contributed by atoms with Crippen molar-refractivity contribution in [2.24, 2.45) is 0 Å². The van der Waals surface area contributed by atoms with Gasteiger partial charge in [0.25, 0.3) is 0 Å². The summed E-state index contributed by atoms with van der Waals surface area (Å²) in [6.45, 7) is 5.49. The molecule has 0 aromatic heterocycles. The highest BCUT2D eigenvalue weighted by molar-refractivity contribution is 7.89. The zero-order valence-corrected chi connectivity index (χ0v) is 17.8. The molecule has 2 aromatic carbocycles. The van der Waals surface area contributed by atoms with Crippen molar-refractivity contribution in [2.75, 3.05) is 39.9 Å². The summed E-state index contributed by atoms with van der Waals surface area (Å²) in [7, 11) is -2.04. The van der Waals surface area contributed by atoms with Gasteiger partial charge in [0.05, 0.1) is 13.2 Å². The van der Waals surface area contributed by atoms with Crippen LogP contribution in [0.3, 0.4) is 0 Å². The fraction of sp³-hybridized carbons (Fsp3) is 0.455. The Kier molecular flexibility index (Phi) is 5.66. The predicted octanol–water partition coefficient (Wildman–Crippen LogP) is 2.67. The van der Waals surface area contributed by atoms with Crippen LogP contribution in [0, 0.1) is 6.92 Å². The average molecular weight is 417 g/mol. The summed E-state index contributed by atoms with van der Waals surface area (Å²) >= 11 is 0. The molecular weight excluding hydrogens is 388 g/mol. The van der Waals surface area contributed by atoms with Crippen LogP contribution in [0.4, 0.5) is 0 Å².